The van der Waals surface area contributed by atoms with E-state index >= 15 is 0 Å². The van der Waals surface area contributed by atoms with E-state index in [0.717, 1.165) is 26.1 Å². The van der Waals surface area contributed by atoms with Crippen molar-refractivity contribution >= 4 is 10.8 Å². The Hall–Kier alpha value is -2.23. The Balaban J connectivity index is 1.58. The topological polar surface area (TPSA) is 37.0 Å². The van der Waals surface area contributed by atoms with Gasteiger partial charge >= 0.3 is 0 Å². The van der Waals surface area contributed by atoms with Crippen molar-refractivity contribution in [3.05, 3.63) is 78.1 Å². The molecule has 1 fully saturated rings. The first-order chi connectivity index (χ1) is 11.4. The molecule has 116 valence electrons. The van der Waals surface area contributed by atoms with Crippen molar-refractivity contribution < 1.29 is 0 Å². The Morgan fingerprint density at radius 1 is 1.04 bits per heavy atom. The van der Waals surface area contributed by atoms with Crippen LogP contribution in [0.15, 0.2) is 67.0 Å². The number of hydrogen-bond acceptors (Lipinski definition) is 3. The van der Waals surface area contributed by atoms with Crippen LogP contribution in [0.1, 0.15) is 17.5 Å². The lowest BCUT2D eigenvalue weighted by molar-refractivity contribution is 0.362. The van der Waals surface area contributed by atoms with Gasteiger partial charge in [-0.25, -0.2) is 0 Å². The second kappa shape index (κ2) is 6.11. The number of rotatable bonds is 4. The van der Waals surface area contributed by atoms with Crippen LogP contribution in [-0.4, -0.2) is 18.1 Å². The summed E-state index contributed by atoms with van der Waals surface area (Å²) < 4.78 is 0. The molecule has 0 aliphatic carbocycles. The standard InChI is InChI=1S/C20H21N3/c1-2-4-19(5-3-1)20(9-11-22-15-20)23-13-16-6-7-18-14-21-10-8-17(18)12-16/h1-8,10,12,14,22-23H,9,11,13,15H2. The van der Waals surface area contributed by atoms with E-state index in [-0.39, 0.29) is 5.54 Å². The lowest BCUT2D eigenvalue weighted by Gasteiger charge is -2.30. The number of pyridine rings is 1. The van der Waals surface area contributed by atoms with Gasteiger partial charge in [-0.1, -0.05) is 42.5 Å². The van der Waals surface area contributed by atoms with Gasteiger partial charge in [-0.2, -0.15) is 0 Å². The first-order valence-corrected chi connectivity index (χ1v) is 8.20. The molecule has 2 heterocycles. The lowest BCUT2D eigenvalue weighted by atomic mass is 9.88. The molecule has 1 atom stereocenters. The van der Waals surface area contributed by atoms with Gasteiger partial charge in [0.2, 0.25) is 0 Å². The SMILES string of the molecule is c1ccc(C2(NCc3ccc4cnccc4c3)CCNC2)cc1. The molecular formula is C20H21N3. The third-order valence-electron chi connectivity index (χ3n) is 4.82. The molecule has 1 aromatic heterocycles. The summed E-state index contributed by atoms with van der Waals surface area (Å²) in [4.78, 5) is 4.18. The number of fused-ring (bicyclic) bond motifs is 1. The summed E-state index contributed by atoms with van der Waals surface area (Å²) in [5, 5.41) is 9.76. The van der Waals surface area contributed by atoms with Crippen LogP contribution in [0.5, 0.6) is 0 Å². The molecule has 1 aliphatic heterocycles. The van der Waals surface area contributed by atoms with Gasteiger partial charge < -0.3 is 10.6 Å². The molecule has 3 nitrogen and oxygen atoms in total. The van der Waals surface area contributed by atoms with Gasteiger partial charge in [-0.05, 0) is 41.6 Å². The van der Waals surface area contributed by atoms with Gasteiger partial charge in [0.05, 0.1) is 5.54 Å². The van der Waals surface area contributed by atoms with Crippen molar-refractivity contribution in [2.24, 2.45) is 0 Å². The van der Waals surface area contributed by atoms with Crippen molar-refractivity contribution in [1.82, 2.24) is 15.6 Å². The molecule has 0 saturated carbocycles. The van der Waals surface area contributed by atoms with Crippen LogP contribution in [-0.2, 0) is 12.1 Å². The summed E-state index contributed by atoms with van der Waals surface area (Å²) in [7, 11) is 0. The molecule has 0 radical (unpaired) electrons. The molecule has 0 amide bonds. The van der Waals surface area contributed by atoms with Gasteiger partial charge in [0.1, 0.15) is 0 Å². The molecule has 0 spiro atoms. The number of hydrogen-bond donors (Lipinski definition) is 2. The third-order valence-corrected chi connectivity index (χ3v) is 4.82. The highest BCUT2D eigenvalue weighted by Crippen LogP contribution is 2.28. The summed E-state index contributed by atoms with van der Waals surface area (Å²) in [5.74, 6) is 0. The van der Waals surface area contributed by atoms with Crippen LogP contribution in [0.25, 0.3) is 10.8 Å². The fourth-order valence-electron chi connectivity index (χ4n) is 3.46. The van der Waals surface area contributed by atoms with E-state index in [1.54, 1.807) is 0 Å². The van der Waals surface area contributed by atoms with Crippen LogP contribution >= 0.6 is 0 Å². The Morgan fingerprint density at radius 2 is 1.96 bits per heavy atom. The van der Waals surface area contributed by atoms with E-state index in [1.165, 1.54) is 21.9 Å². The highest BCUT2D eigenvalue weighted by atomic mass is 15.1. The second-order valence-electron chi connectivity index (χ2n) is 6.29. The summed E-state index contributed by atoms with van der Waals surface area (Å²) in [5.41, 5.74) is 2.72. The maximum absolute atomic E-state index is 4.18. The highest BCUT2D eigenvalue weighted by molar-refractivity contribution is 5.81. The van der Waals surface area contributed by atoms with Crippen LogP contribution in [0, 0.1) is 0 Å². The minimum atomic E-state index is 0.0362. The zero-order chi connectivity index (χ0) is 15.5. The predicted octanol–water partition coefficient (Wildman–Crippen LogP) is 3.21. The molecule has 23 heavy (non-hydrogen) atoms. The maximum atomic E-state index is 4.18. The van der Waals surface area contributed by atoms with Crippen LogP contribution in [0.3, 0.4) is 0 Å². The molecular weight excluding hydrogens is 282 g/mol. The normalized spacial score (nSPS) is 20.9. The summed E-state index contributed by atoms with van der Waals surface area (Å²) >= 11 is 0. The quantitative estimate of drug-likeness (QED) is 0.777. The summed E-state index contributed by atoms with van der Waals surface area (Å²) in [6, 6.07) is 19.5. The number of nitrogens with one attached hydrogen (secondary N) is 2. The smallest absolute Gasteiger partial charge is 0.0575 e. The number of nitrogens with zero attached hydrogens (tertiary/aromatic N) is 1. The predicted molar refractivity (Wildman–Crippen MR) is 94.2 cm³/mol. The van der Waals surface area contributed by atoms with Gasteiger partial charge in [0.25, 0.3) is 0 Å². The Labute approximate surface area is 136 Å². The van der Waals surface area contributed by atoms with Crippen molar-refractivity contribution in [1.29, 1.82) is 0 Å². The van der Waals surface area contributed by atoms with Crippen LogP contribution in [0.4, 0.5) is 0 Å². The van der Waals surface area contributed by atoms with Crippen molar-refractivity contribution in [2.75, 3.05) is 13.1 Å². The number of aromatic nitrogens is 1. The summed E-state index contributed by atoms with van der Waals surface area (Å²) in [6.45, 7) is 2.91. The van der Waals surface area contributed by atoms with Crippen LogP contribution < -0.4 is 10.6 Å². The van der Waals surface area contributed by atoms with Crippen molar-refractivity contribution in [2.45, 2.75) is 18.5 Å². The first kappa shape index (κ1) is 14.4. The van der Waals surface area contributed by atoms with E-state index in [0.29, 0.717) is 0 Å². The molecule has 4 rings (SSSR count). The van der Waals surface area contributed by atoms with E-state index in [2.05, 4.69) is 70.2 Å². The largest absolute Gasteiger partial charge is 0.314 e. The molecule has 1 unspecified atom stereocenters. The average Bonchev–Trinajstić information content (AvgIpc) is 3.11. The Bertz CT molecular complexity index is 792. The number of benzene rings is 2. The van der Waals surface area contributed by atoms with Crippen LogP contribution in [0.2, 0.25) is 0 Å². The third kappa shape index (κ3) is 2.85. The highest BCUT2D eigenvalue weighted by Gasteiger charge is 2.34. The molecule has 2 N–H and O–H groups in total. The molecule has 2 aromatic carbocycles. The van der Waals surface area contributed by atoms with E-state index in [4.69, 9.17) is 0 Å². The van der Waals surface area contributed by atoms with Gasteiger partial charge in [-0.15, -0.1) is 0 Å². The minimum absolute atomic E-state index is 0.0362. The molecule has 1 saturated heterocycles. The van der Waals surface area contributed by atoms with E-state index in [1.807, 2.05) is 12.4 Å². The lowest BCUT2D eigenvalue weighted by Crippen LogP contribution is -2.43. The van der Waals surface area contributed by atoms with Crippen molar-refractivity contribution in [3.8, 4) is 0 Å². The molecule has 1 aliphatic rings. The zero-order valence-corrected chi connectivity index (χ0v) is 13.1. The monoisotopic (exact) mass is 303 g/mol. The van der Waals surface area contributed by atoms with Crippen molar-refractivity contribution in [3.63, 3.8) is 0 Å². The molecule has 3 aromatic rings. The fraction of sp³-hybridized carbons (Fsp3) is 0.250. The Kier molecular flexibility index (Phi) is 3.82. The maximum Gasteiger partial charge on any atom is 0.0575 e. The van der Waals surface area contributed by atoms with Gasteiger partial charge in [0, 0.05) is 30.9 Å². The Morgan fingerprint density at radius 3 is 2.78 bits per heavy atom. The van der Waals surface area contributed by atoms with Gasteiger partial charge in [0.15, 0.2) is 0 Å². The minimum Gasteiger partial charge on any atom is -0.314 e. The first-order valence-electron chi connectivity index (χ1n) is 8.20. The summed E-state index contributed by atoms with van der Waals surface area (Å²) in [6.07, 6.45) is 4.89. The molecule has 3 heteroatoms. The fourth-order valence-corrected chi connectivity index (χ4v) is 3.46. The molecule has 0 bridgehead atoms. The second-order valence-corrected chi connectivity index (χ2v) is 6.29. The average molecular weight is 303 g/mol. The van der Waals surface area contributed by atoms with E-state index < -0.39 is 0 Å². The van der Waals surface area contributed by atoms with E-state index in [9.17, 15) is 0 Å². The van der Waals surface area contributed by atoms with Gasteiger partial charge in [-0.3, -0.25) is 4.98 Å². The zero-order valence-electron chi connectivity index (χ0n) is 13.1.